The smallest absolute Gasteiger partial charge is 0.321 e. The van der Waals surface area contributed by atoms with E-state index in [1.54, 1.807) is 6.07 Å². The summed E-state index contributed by atoms with van der Waals surface area (Å²) in [5.74, 6) is 0.380. The first-order valence-corrected chi connectivity index (χ1v) is 7.05. The first-order valence-electron chi connectivity index (χ1n) is 5.44. The second-order valence-corrected chi connectivity index (χ2v) is 6.20. The van der Waals surface area contributed by atoms with Crippen LogP contribution in [0.1, 0.15) is 50.7 Å². The molecule has 0 aliphatic heterocycles. The fourth-order valence-electron chi connectivity index (χ4n) is 1.96. The quantitative estimate of drug-likeness (QED) is 0.801. The van der Waals surface area contributed by atoms with E-state index < -0.39 is 7.60 Å². The standard InChI is InChI=1S/C12H19O3P/c1-8(2)10-6-5-7-11(16(13,14)15)12(10)9(3)4/h5-9H,1-4H3,(H2,13,14,15). The Bertz CT molecular complexity index is 418. The highest BCUT2D eigenvalue weighted by atomic mass is 31.2. The van der Waals surface area contributed by atoms with E-state index in [1.807, 2.05) is 33.8 Å². The van der Waals surface area contributed by atoms with Crippen molar-refractivity contribution >= 4 is 12.9 Å². The lowest BCUT2D eigenvalue weighted by atomic mass is 9.91. The van der Waals surface area contributed by atoms with Gasteiger partial charge in [-0.15, -0.1) is 0 Å². The molecule has 0 bridgehead atoms. The van der Waals surface area contributed by atoms with Gasteiger partial charge in [0.2, 0.25) is 0 Å². The predicted octanol–water partition coefficient (Wildman–Crippen LogP) is 2.74. The molecule has 0 radical (unpaired) electrons. The van der Waals surface area contributed by atoms with Crippen LogP contribution >= 0.6 is 7.60 Å². The van der Waals surface area contributed by atoms with Gasteiger partial charge in [-0.25, -0.2) is 0 Å². The molecule has 0 heterocycles. The van der Waals surface area contributed by atoms with Gasteiger partial charge in [0, 0.05) is 0 Å². The Morgan fingerprint density at radius 3 is 2.00 bits per heavy atom. The zero-order valence-corrected chi connectivity index (χ0v) is 11.0. The molecule has 0 amide bonds. The van der Waals surface area contributed by atoms with Crippen molar-refractivity contribution < 1.29 is 14.4 Å². The summed E-state index contributed by atoms with van der Waals surface area (Å²) >= 11 is 0. The third-order valence-electron chi connectivity index (χ3n) is 2.63. The highest BCUT2D eigenvalue weighted by Crippen LogP contribution is 2.38. The van der Waals surface area contributed by atoms with Crippen molar-refractivity contribution in [2.24, 2.45) is 0 Å². The maximum Gasteiger partial charge on any atom is 0.356 e. The van der Waals surface area contributed by atoms with Crippen LogP contribution in [0.5, 0.6) is 0 Å². The van der Waals surface area contributed by atoms with E-state index in [-0.39, 0.29) is 17.1 Å². The summed E-state index contributed by atoms with van der Waals surface area (Å²) in [6.07, 6.45) is 0. The van der Waals surface area contributed by atoms with Crippen LogP contribution < -0.4 is 5.30 Å². The molecule has 0 aliphatic rings. The van der Waals surface area contributed by atoms with E-state index in [0.29, 0.717) is 0 Å². The topological polar surface area (TPSA) is 57.5 Å². The summed E-state index contributed by atoms with van der Waals surface area (Å²) < 4.78 is 11.4. The Hall–Kier alpha value is -0.630. The minimum atomic E-state index is -4.18. The summed E-state index contributed by atoms with van der Waals surface area (Å²) in [6, 6.07) is 5.19. The number of benzene rings is 1. The summed E-state index contributed by atoms with van der Waals surface area (Å²) in [4.78, 5) is 18.7. The maximum absolute atomic E-state index is 11.4. The van der Waals surface area contributed by atoms with Gasteiger partial charge in [0.1, 0.15) is 0 Å². The molecule has 0 fully saturated rings. The molecule has 1 aromatic carbocycles. The molecule has 0 atom stereocenters. The number of hydrogen-bond donors (Lipinski definition) is 2. The normalized spacial score (nSPS) is 12.5. The average molecular weight is 242 g/mol. The van der Waals surface area contributed by atoms with Crippen LogP contribution in [0.25, 0.3) is 0 Å². The summed E-state index contributed by atoms with van der Waals surface area (Å²) in [5, 5.41) is 0.175. The van der Waals surface area contributed by atoms with Crippen molar-refractivity contribution in [3.63, 3.8) is 0 Å². The highest BCUT2D eigenvalue weighted by Gasteiger charge is 2.25. The zero-order valence-electron chi connectivity index (χ0n) is 10.1. The summed E-state index contributed by atoms with van der Waals surface area (Å²) in [6.45, 7) is 7.98. The molecular formula is C12H19O3P. The van der Waals surface area contributed by atoms with Gasteiger partial charge < -0.3 is 9.79 Å². The van der Waals surface area contributed by atoms with Crippen molar-refractivity contribution in [1.82, 2.24) is 0 Å². The Morgan fingerprint density at radius 2 is 1.62 bits per heavy atom. The maximum atomic E-state index is 11.4. The average Bonchev–Trinajstić information content (AvgIpc) is 2.14. The van der Waals surface area contributed by atoms with E-state index in [2.05, 4.69) is 0 Å². The first kappa shape index (κ1) is 13.4. The zero-order chi connectivity index (χ0) is 12.5. The fraction of sp³-hybridized carbons (Fsp3) is 0.500. The Labute approximate surface area is 96.7 Å². The van der Waals surface area contributed by atoms with Crippen molar-refractivity contribution in [2.45, 2.75) is 39.5 Å². The van der Waals surface area contributed by atoms with Crippen molar-refractivity contribution in [2.75, 3.05) is 0 Å². The Balaban J connectivity index is 3.52. The minimum Gasteiger partial charge on any atom is -0.321 e. The molecule has 4 heteroatoms. The van der Waals surface area contributed by atoms with E-state index in [9.17, 15) is 14.4 Å². The minimum absolute atomic E-state index is 0.112. The van der Waals surface area contributed by atoms with Gasteiger partial charge in [0.25, 0.3) is 0 Å². The molecule has 2 N–H and O–H groups in total. The molecule has 1 aromatic rings. The highest BCUT2D eigenvalue weighted by molar-refractivity contribution is 7.60. The second kappa shape index (κ2) is 4.70. The van der Waals surface area contributed by atoms with Gasteiger partial charge in [0.05, 0.1) is 5.30 Å². The monoisotopic (exact) mass is 242 g/mol. The Kier molecular flexibility index (Phi) is 3.95. The van der Waals surface area contributed by atoms with Crippen molar-refractivity contribution in [3.05, 3.63) is 29.3 Å². The van der Waals surface area contributed by atoms with Crippen LogP contribution in [-0.4, -0.2) is 9.79 Å². The van der Waals surface area contributed by atoms with E-state index >= 15 is 0 Å². The molecule has 90 valence electrons. The molecule has 0 spiro atoms. The van der Waals surface area contributed by atoms with Crippen LogP contribution in [0.4, 0.5) is 0 Å². The lowest BCUT2D eigenvalue weighted by Gasteiger charge is -2.20. The van der Waals surface area contributed by atoms with Crippen LogP contribution in [0.2, 0.25) is 0 Å². The number of rotatable bonds is 3. The van der Waals surface area contributed by atoms with E-state index in [0.717, 1.165) is 11.1 Å². The van der Waals surface area contributed by atoms with Gasteiger partial charge in [-0.3, -0.25) is 4.57 Å². The lowest BCUT2D eigenvalue weighted by Crippen LogP contribution is -2.16. The van der Waals surface area contributed by atoms with Crippen molar-refractivity contribution in [1.29, 1.82) is 0 Å². The molecule has 3 nitrogen and oxygen atoms in total. The summed E-state index contributed by atoms with van der Waals surface area (Å²) in [7, 11) is -4.18. The van der Waals surface area contributed by atoms with Gasteiger partial charge in [-0.2, -0.15) is 0 Å². The van der Waals surface area contributed by atoms with Crippen molar-refractivity contribution in [3.8, 4) is 0 Å². The van der Waals surface area contributed by atoms with Gasteiger partial charge in [0.15, 0.2) is 0 Å². The lowest BCUT2D eigenvalue weighted by molar-refractivity contribution is 0.387. The first-order chi connectivity index (χ1) is 7.25. The fourth-order valence-corrected chi connectivity index (χ4v) is 2.94. The molecule has 1 rings (SSSR count). The second-order valence-electron chi connectivity index (χ2n) is 4.63. The predicted molar refractivity (Wildman–Crippen MR) is 66.3 cm³/mol. The third-order valence-corrected chi connectivity index (χ3v) is 3.65. The van der Waals surface area contributed by atoms with E-state index in [1.165, 1.54) is 6.07 Å². The van der Waals surface area contributed by atoms with Crippen LogP contribution in [0, 0.1) is 0 Å². The molecule has 0 unspecified atom stereocenters. The van der Waals surface area contributed by atoms with Gasteiger partial charge in [-0.05, 0) is 29.0 Å². The van der Waals surface area contributed by atoms with Gasteiger partial charge in [-0.1, -0.05) is 39.8 Å². The Morgan fingerprint density at radius 1 is 1.06 bits per heavy atom. The number of hydrogen-bond acceptors (Lipinski definition) is 1. The van der Waals surface area contributed by atoms with Gasteiger partial charge >= 0.3 is 7.60 Å². The van der Waals surface area contributed by atoms with Crippen LogP contribution in [-0.2, 0) is 4.57 Å². The molecular weight excluding hydrogens is 223 g/mol. The van der Waals surface area contributed by atoms with Crippen LogP contribution in [0.15, 0.2) is 18.2 Å². The largest absolute Gasteiger partial charge is 0.356 e. The van der Waals surface area contributed by atoms with Crippen LogP contribution in [0.3, 0.4) is 0 Å². The molecule has 16 heavy (non-hydrogen) atoms. The molecule has 0 saturated carbocycles. The third kappa shape index (κ3) is 2.73. The molecule has 0 aliphatic carbocycles. The molecule has 0 saturated heterocycles. The van der Waals surface area contributed by atoms with E-state index in [4.69, 9.17) is 0 Å². The SMILES string of the molecule is CC(C)c1cccc(P(=O)(O)O)c1C(C)C. The summed E-state index contributed by atoms with van der Waals surface area (Å²) in [5.41, 5.74) is 1.82. The molecule has 0 aromatic heterocycles.